The first-order valence-electron chi connectivity index (χ1n) is 7.85. The third kappa shape index (κ3) is 3.60. The minimum atomic E-state index is 0.0689. The number of nitrogens with two attached hydrogens (primary N) is 1. The first kappa shape index (κ1) is 15.0. The molecule has 1 aromatic carbocycles. The Labute approximate surface area is 121 Å². The van der Waals surface area contributed by atoms with Gasteiger partial charge >= 0.3 is 0 Å². The van der Waals surface area contributed by atoms with Gasteiger partial charge in [0.25, 0.3) is 5.91 Å². The van der Waals surface area contributed by atoms with Crippen LogP contribution in [-0.2, 0) is 6.42 Å². The molecule has 1 aliphatic rings. The molecule has 110 valence electrons. The molecular weight excluding hydrogens is 248 g/mol. The molecule has 2 unspecified atom stereocenters. The lowest BCUT2D eigenvalue weighted by molar-refractivity contribution is 0.0904. The van der Waals surface area contributed by atoms with Gasteiger partial charge in [-0.1, -0.05) is 44.4 Å². The molecule has 0 saturated heterocycles. The van der Waals surface area contributed by atoms with Crippen LogP contribution in [-0.4, -0.2) is 18.5 Å². The molecule has 1 fully saturated rings. The van der Waals surface area contributed by atoms with E-state index in [0.717, 1.165) is 30.4 Å². The zero-order chi connectivity index (χ0) is 14.4. The summed E-state index contributed by atoms with van der Waals surface area (Å²) >= 11 is 0. The molecule has 1 aliphatic carbocycles. The minimum Gasteiger partial charge on any atom is -0.349 e. The smallest absolute Gasteiger partial charge is 0.251 e. The zero-order valence-corrected chi connectivity index (χ0v) is 12.4. The van der Waals surface area contributed by atoms with Crippen molar-refractivity contribution in [3.8, 4) is 0 Å². The molecule has 0 aliphatic heterocycles. The van der Waals surface area contributed by atoms with Crippen LogP contribution in [0.4, 0.5) is 0 Å². The van der Waals surface area contributed by atoms with E-state index < -0.39 is 0 Å². The van der Waals surface area contributed by atoms with Crippen molar-refractivity contribution in [2.75, 3.05) is 6.54 Å². The second-order valence-corrected chi connectivity index (χ2v) is 5.73. The second-order valence-electron chi connectivity index (χ2n) is 5.73. The summed E-state index contributed by atoms with van der Waals surface area (Å²) in [5.74, 6) is 0.703. The van der Waals surface area contributed by atoms with E-state index in [1.165, 1.54) is 19.3 Å². The largest absolute Gasteiger partial charge is 0.349 e. The highest BCUT2D eigenvalue weighted by Gasteiger charge is 2.25. The number of carbonyl (C=O) groups is 1. The molecule has 3 heteroatoms. The average Bonchev–Trinajstić information content (AvgIpc) is 2.48. The van der Waals surface area contributed by atoms with Crippen molar-refractivity contribution in [1.29, 1.82) is 0 Å². The van der Waals surface area contributed by atoms with Gasteiger partial charge in [0.2, 0.25) is 0 Å². The highest BCUT2D eigenvalue weighted by atomic mass is 16.1. The van der Waals surface area contributed by atoms with Gasteiger partial charge in [0, 0.05) is 11.6 Å². The van der Waals surface area contributed by atoms with Crippen molar-refractivity contribution in [3.63, 3.8) is 0 Å². The fourth-order valence-corrected chi connectivity index (χ4v) is 3.25. The van der Waals surface area contributed by atoms with Crippen LogP contribution < -0.4 is 11.1 Å². The summed E-state index contributed by atoms with van der Waals surface area (Å²) in [5, 5.41) is 3.26. The Bertz CT molecular complexity index is 444. The van der Waals surface area contributed by atoms with Crippen molar-refractivity contribution in [2.45, 2.75) is 51.5 Å². The summed E-state index contributed by atoms with van der Waals surface area (Å²) in [4.78, 5) is 12.5. The van der Waals surface area contributed by atoms with Crippen LogP contribution in [0.2, 0.25) is 0 Å². The van der Waals surface area contributed by atoms with Crippen molar-refractivity contribution < 1.29 is 4.79 Å². The first-order valence-corrected chi connectivity index (χ1v) is 7.85. The van der Waals surface area contributed by atoms with Crippen molar-refractivity contribution >= 4 is 5.91 Å². The summed E-state index contributed by atoms with van der Waals surface area (Å²) in [6.45, 7) is 2.79. The van der Waals surface area contributed by atoms with E-state index in [2.05, 4.69) is 12.2 Å². The molecule has 0 bridgehead atoms. The van der Waals surface area contributed by atoms with Crippen LogP contribution >= 0.6 is 0 Å². The van der Waals surface area contributed by atoms with Gasteiger partial charge in [-0.25, -0.2) is 0 Å². The quantitative estimate of drug-likeness (QED) is 0.867. The van der Waals surface area contributed by atoms with Crippen LogP contribution in [0.1, 0.15) is 54.9 Å². The molecule has 20 heavy (non-hydrogen) atoms. The molecular formula is C17H26N2O. The van der Waals surface area contributed by atoms with Crippen molar-refractivity contribution in [3.05, 3.63) is 35.4 Å². The van der Waals surface area contributed by atoms with E-state index in [0.29, 0.717) is 18.5 Å². The summed E-state index contributed by atoms with van der Waals surface area (Å²) in [5.41, 5.74) is 7.47. The van der Waals surface area contributed by atoms with E-state index in [4.69, 9.17) is 5.73 Å². The van der Waals surface area contributed by atoms with Gasteiger partial charge in [-0.05, 0) is 43.4 Å². The van der Waals surface area contributed by atoms with Gasteiger partial charge in [-0.15, -0.1) is 0 Å². The maximum Gasteiger partial charge on any atom is 0.251 e. The van der Waals surface area contributed by atoms with Gasteiger partial charge in [0.1, 0.15) is 0 Å². The standard InChI is InChI=1S/C17H26N2O/c1-2-13-7-4-6-10-16(13)19-17(20)15-9-5-3-8-14(15)11-12-18/h3,5,8-9,13,16H,2,4,6-7,10-12,18H2,1H3,(H,19,20). The second kappa shape index (κ2) is 7.44. The monoisotopic (exact) mass is 274 g/mol. The van der Waals surface area contributed by atoms with E-state index in [-0.39, 0.29) is 5.91 Å². The fraction of sp³-hybridized carbons (Fsp3) is 0.588. The van der Waals surface area contributed by atoms with E-state index in [9.17, 15) is 4.79 Å². The molecule has 1 aromatic rings. The Morgan fingerprint density at radius 2 is 2.05 bits per heavy atom. The molecule has 3 N–H and O–H groups in total. The lowest BCUT2D eigenvalue weighted by atomic mass is 9.82. The number of amides is 1. The van der Waals surface area contributed by atoms with Gasteiger partial charge < -0.3 is 11.1 Å². The highest BCUT2D eigenvalue weighted by molar-refractivity contribution is 5.95. The molecule has 1 saturated carbocycles. The van der Waals surface area contributed by atoms with Crippen molar-refractivity contribution in [1.82, 2.24) is 5.32 Å². The molecule has 0 radical (unpaired) electrons. The van der Waals surface area contributed by atoms with Crippen LogP contribution in [0.15, 0.2) is 24.3 Å². The van der Waals surface area contributed by atoms with Crippen LogP contribution in [0.3, 0.4) is 0 Å². The summed E-state index contributed by atoms with van der Waals surface area (Å²) in [6, 6.07) is 8.14. The molecule has 2 rings (SSSR count). The van der Waals surface area contributed by atoms with E-state index in [1.54, 1.807) is 0 Å². The maximum absolute atomic E-state index is 12.5. The first-order chi connectivity index (χ1) is 9.76. The molecule has 0 heterocycles. The molecule has 3 nitrogen and oxygen atoms in total. The minimum absolute atomic E-state index is 0.0689. The lowest BCUT2D eigenvalue weighted by Gasteiger charge is -2.31. The van der Waals surface area contributed by atoms with Gasteiger partial charge in [-0.2, -0.15) is 0 Å². The van der Waals surface area contributed by atoms with Gasteiger partial charge in [-0.3, -0.25) is 4.79 Å². The van der Waals surface area contributed by atoms with Gasteiger partial charge in [0.15, 0.2) is 0 Å². The average molecular weight is 274 g/mol. The number of hydrogen-bond donors (Lipinski definition) is 2. The number of carbonyl (C=O) groups excluding carboxylic acids is 1. The Kier molecular flexibility index (Phi) is 5.60. The fourth-order valence-electron chi connectivity index (χ4n) is 3.25. The van der Waals surface area contributed by atoms with Gasteiger partial charge in [0.05, 0.1) is 0 Å². The predicted molar refractivity (Wildman–Crippen MR) is 82.7 cm³/mol. The Morgan fingerprint density at radius 1 is 1.30 bits per heavy atom. The van der Waals surface area contributed by atoms with E-state index in [1.807, 2.05) is 24.3 Å². The normalized spacial score (nSPS) is 22.5. The van der Waals surface area contributed by atoms with Crippen molar-refractivity contribution in [2.24, 2.45) is 11.7 Å². The lowest BCUT2D eigenvalue weighted by Crippen LogP contribution is -2.42. The Morgan fingerprint density at radius 3 is 2.80 bits per heavy atom. The van der Waals surface area contributed by atoms with Crippen LogP contribution in [0.5, 0.6) is 0 Å². The topological polar surface area (TPSA) is 55.1 Å². The maximum atomic E-state index is 12.5. The Hall–Kier alpha value is -1.35. The van der Waals surface area contributed by atoms with Crippen LogP contribution in [0.25, 0.3) is 0 Å². The third-order valence-corrected chi connectivity index (χ3v) is 4.43. The predicted octanol–water partition coefficient (Wildman–Crippen LogP) is 2.89. The summed E-state index contributed by atoms with van der Waals surface area (Å²) in [6.07, 6.45) is 6.79. The number of benzene rings is 1. The third-order valence-electron chi connectivity index (χ3n) is 4.43. The zero-order valence-electron chi connectivity index (χ0n) is 12.4. The number of nitrogens with one attached hydrogen (secondary N) is 1. The molecule has 0 spiro atoms. The van der Waals surface area contributed by atoms with E-state index >= 15 is 0 Å². The Balaban J connectivity index is 2.07. The molecule has 0 aromatic heterocycles. The SMILES string of the molecule is CCC1CCCCC1NC(=O)c1ccccc1CCN. The summed E-state index contributed by atoms with van der Waals surface area (Å²) in [7, 11) is 0. The van der Waals surface area contributed by atoms with Crippen LogP contribution in [0, 0.1) is 5.92 Å². The highest BCUT2D eigenvalue weighted by Crippen LogP contribution is 2.27. The molecule has 2 atom stereocenters. The summed E-state index contributed by atoms with van der Waals surface area (Å²) < 4.78 is 0. The number of hydrogen-bond acceptors (Lipinski definition) is 2. The number of rotatable bonds is 5. The molecule has 1 amide bonds.